The van der Waals surface area contributed by atoms with Crippen LogP contribution in [0.15, 0.2) is 12.1 Å². The zero-order valence-corrected chi connectivity index (χ0v) is 13.3. The van der Waals surface area contributed by atoms with E-state index in [-0.39, 0.29) is 5.91 Å². The summed E-state index contributed by atoms with van der Waals surface area (Å²) in [4.78, 5) is 15.7. The van der Waals surface area contributed by atoms with Gasteiger partial charge in [0.15, 0.2) is 0 Å². The van der Waals surface area contributed by atoms with E-state index >= 15 is 0 Å². The molecule has 3 nitrogen and oxygen atoms in total. The fraction of sp³-hybridized carbons (Fsp3) is 0.385. The molecule has 1 amide bonds. The number of nitrogens with zero attached hydrogens (tertiary/aromatic N) is 1. The van der Waals surface area contributed by atoms with E-state index in [1.807, 2.05) is 20.8 Å². The summed E-state index contributed by atoms with van der Waals surface area (Å²) in [5.74, 6) is -0.0516. The Morgan fingerprint density at radius 3 is 2.58 bits per heavy atom. The highest BCUT2D eigenvalue weighted by Crippen LogP contribution is 2.36. The average Bonchev–Trinajstić information content (AvgIpc) is 2.32. The second-order valence-corrected chi connectivity index (χ2v) is 6.00. The van der Waals surface area contributed by atoms with Crippen LogP contribution in [0.2, 0.25) is 10.0 Å². The van der Waals surface area contributed by atoms with Crippen molar-refractivity contribution in [3.05, 3.63) is 32.6 Å². The minimum absolute atomic E-state index is 0.0516. The van der Waals surface area contributed by atoms with Crippen LogP contribution in [-0.2, 0) is 11.3 Å². The summed E-state index contributed by atoms with van der Waals surface area (Å²) in [6, 6.07) is 3.43. The van der Waals surface area contributed by atoms with Gasteiger partial charge in [-0.3, -0.25) is 4.79 Å². The number of nitrogens with one attached hydrogen (secondary N) is 1. The smallest absolute Gasteiger partial charge is 0.352 e. The van der Waals surface area contributed by atoms with Crippen LogP contribution in [0.3, 0.4) is 0 Å². The zero-order chi connectivity index (χ0) is 14.6. The van der Waals surface area contributed by atoms with Gasteiger partial charge in [-0.2, -0.15) is 0 Å². The second-order valence-electron chi connectivity index (χ2n) is 5.01. The molecule has 0 unspecified atom stereocenters. The quantitative estimate of drug-likeness (QED) is 0.610. The summed E-state index contributed by atoms with van der Waals surface area (Å²) in [5, 5.41) is 5.97. The van der Waals surface area contributed by atoms with Crippen LogP contribution in [0, 0.1) is 10.8 Å². The van der Waals surface area contributed by atoms with Gasteiger partial charge in [0, 0.05) is 12.0 Å². The molecule has 1 rings (SSSR count). The molecule has 0 bridgehead atoms. The van der Waals surface area contributed by atoms with Crippen molar-refractivity contribution in [2.24, 2.45) is 5.41 Å². The molecule has 1 aromatic rings. The molecule has 1 aromatic carbocycles. The third kappa shape index (κ3) is 4.31. The normalized spacial score (nSPS) is 10.6. The van der Waals surface area contributed by atoms with Gasteiger partial charge in [-0.05, 0) is 29.1 Å². The fourth-order valence-corrected chi connectivity index (χ4v) is 1.93. The van der Waals surface area contributed by atoms with Crippen LogP contribution in [0.25, 0.3) is 4.85 Å². The molecule has 0 spiro atoms. The summed E-state index contributed by atoms with van der Waals surface area (Å²) in [6.45, 7) is 5.85. The predicted molar refractivity (Wildman–Crippen MR) is 83.7 cm³/mol. The molecular formula is C13H15Cl2N2OS+. The van der Waals surface area contributed by atoms with Crippen molar-refractivity contribution in [1.29, 1.82) is 0 Å². The molecule has 0 aromatic heterocycles. The lowest BCUT2D eigenvalue weighted by molar-refractivity contribution is -0.128. The molecule has 0 aliphatic heterocycles. The molecule has 0 saturated carbocycles. The first-order chi connectivity index (χ1) is 8.77. The van der Waals surface area contributed by atoms with Crippen LogP contribution in [0.4, 0.5) is 5.69 Å². The van der Waals surface area contributed by atoms with E-state index in [0.29, 0.717) is 22.3 Å². The topological polar surface area (TPSA) is 33.5 Å². The van der Waals surface area contributed by atoms with Crippen molar-refractivity contribution in [2.45, 2.75) is 27.3 Å². The van der Waals surface area contributed by atoms with Crippen LogP contribution in [0.5, 0.6) is 0 Å². The highest BCUT2D eigenvalue weighted by Gasteiger charge is 2.23. The number of hydrogen-bond donors (Lipinski definition) is 2. The SMILES string of the molecule is CC(C)(C)C(=O)NCc1ccc(Cl)c([N+]#CS)c1Cl. The Kier molecular flexibility index (Phi) is 5.54. The first kappa shape index (κ1) is 16.2. The molecular weight excluding hydrogens is 303 g/mol. The van der Waals surface area contributed by atoms with Gasteiger partial charge in [0.05, 0.1) is 0 Å². The van der Waals surface area contributed by atoms with Gasteiger partial charge in [-0.1, -0.05) is 50.0 Å². The van der Waals surface area contributed by atoms with Gasteiger partial charge in [0.25, 0.3) is 0 Å². The summed E-state index contributed by atoms with van der Waals surface area (Å²) >= 11 is 15.9. The molecule has 0 heterocycles. The summed E-state index contributed by atoms with van der Waals surface area (Å²) in [5.41, 5.74) is 0.700. The van der Waals surface area contributed by atoms with Gasteiger partial charge in [-0.25, -0.2) is 0 Å². The summed E-state index contributed by atoms with van der Waals surface area (Å²) in [6.07, 6.45) is 0. The number of benzene rings is 1. The van der Waals surface area contributed by atoms with E-state index in [0.717, 1.165) is 5.56 Å². The fourth-order valence-electron chi connectivity index (χ4n) is 1.31. The van der Waals surface area contributed by atoms with Crippen molar-refractivity contribution in [1.82, 2.24) is 5.32 Å². The third-order valence-corrected chi connectivity index (χ3v) is 3.26. The van der Waals surface area contributed by atoms with Gasteiger partial charge in [0.2, 0.25) is 5.91 Å². The monoisotopic (exact) mass is 317 g/mol. The lowest BCUT2D eigenvalue weighted by Crippen LogP contribution is -2.34. The molecule has 0 saturated heterocycles. The Balaban J connectivity index is 2.94. The number of thiocyanates is 1. The molecule has 19 heavy (non-hydrogen) atoms. The van der Waals surface area contributed by atoms with E-state index in [2.05, 4.69) is 28.2 Å². The Morgan fingerprint density at radius 1 is 1.42 bits per heavy atom. The first-order valence-corrected chi connectivity index (χ1v) is 6.82. The van der Waals surface area contributed by atoms with Gasteiger partial charge >= 0.3 is 11.1 Å². The van der Waals surface area contributed by atoms with Crippen LogP contribution >= 0.6 is 35.8 Å². The van der Waals surface area contributed by atoms with Crippen molar-refractivity contribution >= 4 is 47.4 Å². The van der Waals surface area contributed by atoms with Crippen LogP contribution in [0.1, 0.15) is 26.3 Å². The van der Waals surface area contributed by atoms with E-state index < -0.39 is 5.41 Å². The van der Waals surface area contributed by atoms with Crippen LogP contribution < -0.4 is 5.32 Å². The molecule has 102 valence electrons. The van der Waals surface area contributed by atoms with Gasteiger partial charge in [0.1, 0.15) is 10.0 Å². The molecule has 6 heteroatoms. The zero-order valence-electron chi connectivity index (χ0n) is 10.9. The Hall–Kier alpha value is -0.890. The number of hydrogen-bond acceptors (Lipinski definition) is 2. The Labute approximate surface area is 128 Å². The lowest BCUT2D eigenvalue weighted by Gasteiger charge is -2.17. The van der Waals surface area contributed by atoms with Crippen molar-refractivity contribution in [2.75, 3.05) is 0 Å². The number of carbonyl (C=O) groups is 1. The molecule has 0 atom stereocenters. The summed E-state index contributed by atoms with van der Waals surface area (Å²) < 4.78 is 0. The number of thiol groups is 1. The summed E-state index contributed by atoms with van der Waals surface area (Å²) in [7, 11) is 0. The Morgan fingerprint density at radius 2 is 2.05 bits per heavy atom. The third-order valence-electron chi connectivity index (χ3n) is 2.43. The molecule has 0 radical (unpaired) electrons. The highest BCUT2D eigenvalue weighted by molar-refractivity contribution is 7.85. The van der Waals surface area contributed by atoms with Crippen LogP contribution in [-0.4, -0.2) is 5.91 Å². The number of amides is 1. The maximum Gasteiger partial charge on any atom is 0.378 e. The number of carbonyl (C=O) groups excluding carboxylic acids is 1. The second kappa shape index (κ2) is 6.51. The standard InChI is InChI=1S/C13H14Cl2N2OS/c1-13(2,3)12(18)16-6-8-4-5-9(14)11(10(8)15)17-7-19/h4-5H,6H2,1-3H3,(H,16,18)/p+1. The van der Waals surface area contributed by atoms with Crippen molar-refractivity contribution in [3.63, 3.8) is 0 Å². The number of halogens is 2. The minimum atomic E-state index is -0.446. The maximum atomic E-state index is 11.8. The minimum Gasteiger partial charge on any atom is -0.352 e. The van der Waals surface area contributed by atoms with E-state index in [1.165, 1.54) is 0 Å². The molecule has 1 N–H and O–H groups in total. The largest absolute Gasteiger partial charge is 0.378 e. The maximum absolute atomic E-state index is 11.8. The van der Waals surface area contributed by atoms with Crippen molar-refractivity contribution < 1.29 is 4.79 Å². The predicted octanol–water partition coefficient (Wildman–Crippen LogP) is 4.51. The Bertz CT molecular complexity index is 556. The lowest BCUT2D eigenvalue weighted by atomic mass is 9.95. The molecule has 0 fully saturated rings. The van der Waals surface area contributed by atoms with E-state index in [4.69, 9.17) is 23.2 Å². The van der Waals surface area contributed by atoms with Crippen molar-refractivity contribution in [3.8, 4) is 5.40 Å². The molecule has 0 aliphatic rings. The first-order valence-electron chi connectivity index (χ1n) is 5.62. The number of rotatable bonds is 2. The van der Waals surface area contributed by atoms with E-state index in [9.17, 15) is 4.79 Å². The van der Waals surface area contributed by atoms with Gasteiger partial charge in [-0.15, -0.1) is 0 Å². The highest BCUT2D eigenvalue weighted by atomic mass is 35.5. The van der Waals surface area contributed by atoms with E-state index in [1.54, 1.807) is 12.1 Å². The molecule has 0 aliphatic carbocycles. The average molecular weight is 318 g/mol. The van der Waals surface area contributed by atoms with Gasteiger partial charge < -0.3 is 5.32 Å².